The first-order valence-corrected chi connectivity index (χ1v) is 29.7. The second-order valence-electron chi connectivity index (χ2n) is 19.6. The summed E-state index contributed by atoms with van der Waals surface area (Å²) in [5.41, 5.74) is 0.571. The van der Waals surface area contributed by atoms with Crippen molar-refractivity contribution in [3.8, 4) is 0 Å². The molecule has 0 radical (unpaired) electrons. The second kappa shape index (κ2) is 34.8. The van der Waals surface area contributed by atoms with Gasteiger partial charge < -0.3 is 18.9 Å². The van der Waals surface area contributed by atoms with Crippen molar-refractivity contribution in [3.63, 3.8) is 0 Å². The molecule has 2 heterocycles. The van der Waals surface area contributed by atoms with Crippen molar-refractivity contribution < 1.29 is 36.6 Å². The van der Waals surface area contributed by atoms with E-state index in [1.807, 2.05) is 5.87 Å². The van der Waals surface area contributed by atoms with Gasteiger partial charge in [0.05, 0.1) is 91.7 Å². The summed E-state index contributed by atoms with van der Waals surface area (Å²) in [6, 6.07) is 16.7. The molecule has 5 aromatic rings. The number of hydrogen-bond acceptors (Lipinski definition) is 13. The van der Waals surface area contributed by atoms with Gasteiger partial charge in [0.1, 0.15) is 15.8 Å². The summed E-state index contributed by atoms with van der Waals surface area (Å²) in [5, 5.41) is 37.4. The van der Waals surface area contributed by atoms with Crippen LogP contribution in [0.1, 0.15) is 164 Å². The number of aromatic nitrogens is 2. The molecule has 5 rings (SSSR count). The predicted molar refractivity (Wildman–Crippen MR) is 305 cm³/mol. The minimum atomic E-state index is -5.05. The van der Waals surface area contributed by atoms with E-state index in [2.05, 4.69) is 90.2 Å². The molecule has 0 saturated carbocycles. The molecule has 0 aliphatic heterocycles. The smallest absolute Gasteiger partial charge is 0.284 e. The van der Waals surface area contributed by atoms with E-state index in [1.165, 1.54) is 188 Å². The highest BCUT2D eigenvalue weighted by Gasteiger charge is 2.26. The third kappa shape index (κ3) is 20.6. The highest BCUT2D eigenvalue weighted by molar-refractivity contribution is 7.94. The van der Waals surface area contributed by atoms with Gasteiger partial charge in [0.25, 0.3) is 5.56 Å². The zero-order chi connectivity index (χ0) is 55.1. The number of imidazole rings is 1. The van der Waals surface area contributed by atoms with Crippen molar-refractivity contribution in [2.45, 2.75) is 175 Å². The maximum Gasteiger partial charge on any atom is 0.284 e. The van der Waals surface area contributed by atoms with E-state index in [4.69, 9.17) is 5.26 Å². The molecule has 1 N–H and O–H groups in total. The summed E-state index contributed by atoms with van der Waals surface area (Å²) < 4.78 is 44.6. The Bertz CT molecular complexity index is 2650. The molecule has 0 spiro atoms. The lowest BCUT2D eigenvalue weighted by molar-refractivity contribution is -0.929. The summed E-state index contributed by atoms with van der Waals surface area (Å²) in [6.07, 6.45) is 22.1. The molecule has 0 saturated heterocycles. The van der Waals surface area contributed by atoms with Crippen molar-refractivity contribution in [1.29, 1.82) is 0 Å². The normalized spacial score (nSPS) is 12.1. The molecule has 0 amide bonds. The second-order valence-corrected chi connectivity index (χ2v) is 21.7. The van der Waals surface area contributed by atoms with Gasteiger partial charge in [-0.2, -0.15) is 10.2 Å². The number of rotatable bonds is 32. The summed E-state index contributed by atoms with van der Waals surface area (Å²) in [6.45, 7) is 31.5. The molecule has 2 aromatic heterocycles. The Balaban J connectivity index is 0.000000361. The van der Waals surface area contributed by atoms with Crippen LogP contribution >= 0.6 is 12.0 Å². The lowest BCUT2D eigenvalue weighted by Gasteiger charge is -2.39. The number of fused-ring (bicyclic) bond motifs is 3. The first-order chi connectivity index (χ1) is 36.2. The number of azo groups is 2. The monoisotopic (exact) mass is 1070 g/mol. The number of unbranched alkanes of at least 4 members (excludes halogenated alkanes) is 8. The molecule has 0 bridgehead atoms. The quantitative estimate of drug-likeness (QED) is 0.00827. The summed E-state index contributed by atoms with van der Waals surface area (Å²) in [4.78, 5) is 17.6. The number of nitrogens with zero attached hydrogens (tertiary/aromatic N) is 9. The molecule has 0 unspecified atom stereocenters. The fraction of sp³-hybridized carbons (Fsp3) is 0.579. The van der Waals surface area contributed by atoms with Gasteiger partial charge in [0.2, 0.25) is 0 Å². The van der Waals surface area contributed by atoms with E-state index >= 15 is 0 Å². The molecule has 16 nitrogen and oxygen atoms in total. The van der Waals surface area contributed by atoms with Gasteiger partial charge in [0, 0.05) is 10.1 Å². The number of pyridine rings is 1. The van der Waals surface area contributed by atoms with Crippen LogP contribution in [0.25, 0.3) is 22.1 Å². The van der Waals surface area contributed by atoms with E-state index in [0.29, 0.717) is 21.6 Å². The minimum absolute atomic E-state index is 0.0348. The van der Waals surface area contributed by atoms with Crippen LogP contribution in [0.2, 0.25) is 0 Å². The van der Waals surface area contributed by atoms with Gasteiger partial charge in [-0.1, -0.05) is 124 Å². The Hall–Kier alpha value is -4.75. The molecule has 0 aliphatic rings. The average molecular weight is 1070 g/mol. The highest BCUT2D eigenvalue weighted by Crippen LogP contribution is 2.32. The van der Waals surface area contributed by atoms with Gasteiger partial charge in [-0.05, 0) is 118 Å². The van der Waals surface area contributed by atoms with E-state index in [1.54, 1.807) is 48.5 Å². The molecule has 0 fully saturated rings. The molecule has 414 valence electrons. The fourth-order valence-corrected chi connectivity index (χ4v) is 10.2. The van der Waals surface area contributed by atoms with Crippen LogP contribution in [0.15, 0.2) is 102 Å². The van der Waals surface area contributed by atoms with Crippen molar-refractivity contribution in [2.24, 2.45) is 20.5 Å². The first-order valence-electron chi connectivity index (χ1n) is 27.6. The minimum Gasteiger partial charge on any atom is -0.763 e. The molecule has 3 aromatic carbocycles. The van der Waals surface area contributed by atoms with Gasteiger partial charge >= 0.3 is 0 Å². The largest absolute Gasteiger partial charge is 0.763 e. The van der Waals surface area contributed by atoms with E-state index in [-0.39, 0.29) is 33.5 Å². The van der Waals surface area contributed by atoms with Crippen molar-refractivity contribution in [2.75, 3.05) is 52.4 Å². The topological polar surface area (TPSA) is 202 Å². The Kier molecular flexibility index (Phi) is 30.0. The van der Waals surface area contributed by atoms with Crippen LogP contribution in [0.4, 0.5) is 22.7 Å². The summed E-state index contributed by atoms with van der Waals surface area (Å²) in [7, 11) is -5.05. The predicted octanol–water partition coefficient (Wildman–Crippen LogP) is 15.0. The number of quaternary nitrogens is 2. The number of para-hydroxylation sites is 2. The van der Waals surface area contributed by atoms with Crippen LogP contribution < -0.4 is 10.8 Å². The van der Waals surface area contributed by atoms with Gasteiger partial charge in [-0.3, -0.25) is 15.1 Å². The number of hydrogen-bond donors (Lipinski definition) is 1. The maximum absolute atomic E-state index is 13.4. The molecule has 75 heavy (non-hydrogen) atoms. The Labute approximate surface area is 452 Å². The van der Waals surface area contributed by atoms with Gasteiger partial charge in [-0.15, -0.1) is 14.6 Å². The summed E-state index contributed by atoms with van der Waals surface area (Å²) >= 11 is 0.753. The van der Waals surface area contributed by atoms with E-state index < -0.39 is 20.6 Å². The Morgan fingerprint density at radius 1 is 0.653 bits per heavy atom. The van der Waals surface area contributed by atoms with Crippen LogP contribution in [-0.2, 0) is 19.5 Å². The van der Waals surface area contributed by atoms with Crippen molar-refractivity contribution in [3.05, 3.63) is 93.3 Å². The molecule has 0 aliphatic carbocycles. The third-order valence-corrected chi connectivity index (χ3v) is 15.1. The first kappa shape index (κ1) is 64.5. The van der Waals surface area contributed by atoms with Crippen LogP contribution in [-0.4, -0.2) is 94.8 Å². The van der Waals surface area contributed by atoms with Crippen LogP contribution in [0, 0.1) is 6.92 Å². The summed E-state index contributed by atoms with van der Waals surface area (Å²) in [5.74, 6) is 2.03. The molecular weight excluding hydrogens is 987 g/mol. The van der Waals surface area contributed by atoms with Crippen LogP contribution in [0.5, 0.6) is 0 Å². The van der Waals surface area contributed by atoms with Crippen molar-refractivity contribution in [1.82, 2.24) is 9.38 Å². The Morgan fingerprint density at radius 2 is 1.09 bits per heavy atom. The van der Waals surface area contributed by atoms with E-state index in [9.17, 15) is 23.2 Å². The van der Waals surface area contributed by atoms with Crippen LogP contribution in [0.3, 0.4) is 0 Å². The zero-order valence-corrected chi connectivity index (χ0v) is 48.2. The lowest BCUT2D eigenvalue weighted by atomic mass is 10.1. The Morgan fingerprint density at radius 3 is 1.52 bits per heavy atom. The van der Waals surface area contributed by atoms with Gasteiger partial charge in [0.15, 0.2) is 11.3 Å². The van der Waals surface area contributed by atoms with E-state index in [0.717, 1.165) is 18.1 Å². The molecule has 0 atom stereocenters. The highest BCUT2D eigenvalue weighted by atomic mass is 32.2. The average Bonchev–Trinajstić information content (AvgIpc) is 3.81. The van der Waals surface area contributed by atoms with Crippen molar-refractivity contribution >= 4 is 67.5 Å². The maximum atomic E-state index is 13.4. The zero-order valence-electron chi connectivity index (χ0n) is 46.6. The molecule has 18 heteroatoms. The lowest BCUT2D eigenvalue weighted by Crippen LogP contribution is -2.50. The third-order valence-electron chi connectivity index (χ3n) is 13.7. The SMILES string of the molecule is CCCC[N+](CCCC)(CCCC)CCCC.CCCC[N+](CCCC)(CCCC)CCCC.Cc1c(N=Nc2ccc(N=Nc3ccc(SOOO)cc3)cc2S(=O)(=O)[O-])c(=O)n2c(nc3ccccc32)c1=C=[N-]. The van der Waals surface area contributed by atoms with Gasteiger partial charge in [-0.25, -0.2) is 18.7 Å². The number of benzene rings is 3. The standard InChI is InChI=1S/C25H16N7O7S2.2C16H36N/c1-14-18(13-26)24-27-19-4-2-3-5-21(19)32(24)25(33)23(14)31-30-20-11-8-16(12-22(20)41(35,36)37)29-28-15-6-9-17(10-7-15)40-39-38-34;2*1-5-9-13-17(14-10-6-2,15-11-7-3)16-12-8-4/h2-12,34H,1H3,(H,35,36,37);2*5-16H2,1-4H3/q-1;2*+1/p-1. The fourth-order valence-electron chi connectivity index (χ4n) is 9.18. The molecular formula is C57H87N9O7S2.